The third-order valence-corrected chi connectivity index (χ3v) is 7.34. The Bertz CT molecular complexity index is 1230. The molecule has 33 heavy (non-hydrogen) atoms. The highest BCUT2D eigenvalue weighted by Gasteiger charge is 2.35. The Morgan fingerprint density at radius 1 is 1.12 bits per heavy atom. The zero-order valence-corrected chi connectivity index (χ0v) is 19.6. The summed E-state index contributed by atoms with van der Waals surface area (Å²) in [6.45, 7) is 4.31. The third-order valence-electron chi connectivity index (χ3n) is 5.76. The van der Waals surface area contributed by atoms with Gasteiger partial charge < -0.3 is 9.47 Å². The summed E-state index contributed by atoms with van der Waals surface area (Å²) in [5.41, 5.74) is 1.65. The quantitative estimate of drug-likeness (QED) is 0.471. The van der Waals surface area contributed by atoms with Gasteiger partial charge in [0.25, 0.3) is 0 Å². The summed E-state index contributed by atoms with van der Waals surface area (Å²) in [6, 6.07) is 15.5. The number of sulfone groups is 1. The van der Waals surface area contributed by atoms with Crippen molar-refractivity contribution in [2.75, 3.05) is 0 Å². The molecule has 1 heterocycles. The van der Waals surface area contributed by atoms with Gasteiger partial charge in [-0.1, -0.05) is 62.4 Å². The molecule has 0 spiro atoms. The van der Waals surface area contributed by atoms with Crippen LogP contribution in [0.25, 0.3) is 0 Å². The van der Waals surface area contributed by atoms with Crippen molar-refractivity contribution in [1.82, 2.24) is 14.5 Å². The molecule has 0 bridgehead atoms. The molecule has 8 heteroatoms. The van der Waals surface area contributed by atoms with Crippen molar-refractivity contribution in [3.05, 3.63) is 83.4 Å². The van der Waals surface area contributed by atoms with Gasteiger partial charge >= 0.3 is 0 Å². The zero-order chi connectivity index (χ0) is 23.6. The van der Waals surface area contributed by atoms with E-state index in [1.165, 1.54) is 24.4 Å². The van der Waals surface area contributed by atoms with E-state index in [1.807, 2.05) is 49.1 Å². The number of imidazole rings is 1. The molecule has 1 amide bonds. The second-order valence-electron chi connectivity index (χ2n) is 8.81. The molecule has 1 aliphatic carbocycles. The minimum Gasteiger partial charge on any atom is -0.334 e. The molecule has 1 aromatic heterocycles. The molecule has 1 aliphatic rings. The van der Waals surface area contributed by atoms with Crippen molar-refractivity contribution < 1.29 is 17.6 Å². The Labute approximate surface area is 194 Å². The van der Waals surface area contributed by atoms with Crippen molar-refractivity contribution in [3.8, 4) is 0 Å². The Morgan fingerprint density at radius 3 is 2.42 bits per heavy atom. The SMILES string of the molecule is CC(C)C(=O)N(Cc1cnc(S(=O)(=O)Cc2ccccc2F)n1Cc1ccccc1)C1CC1. The number of amides is 1. The average molecular weight is 470 g/mol. The Morgan fingerprint density at radius 2 is 1.79 bits per heavy atom. The van der Waals surface area contributed by atoms with Gasteiger partial charge in [0.2, 0.25) is 20.9 Å². The number of nitrogens with zero attached hydrogens (tertiary/aromatic N) is 3. The predicted octanol–water partition coefficient (Wildman–Crippen LogP) is 4.19. The molecule has 0 N–H and O–H groups in total. The van der Waals surface area contributed by atoms with Gasteiger partial charge in [-0.3, -0.25) is 4.79 Å². The van der Waals surface area contributed by atoms with E-state index in [4.69, 9.17) is 0 Å². The predicted molar refractivity (Wildman–Crippen MR) is 123 cm³/mol. The van der Waals surface area contributed by atoms with Crippen LogP contribution in [-0.4, -0.2) is 34.8 Å². The summed E-state index contributed by atoms with van der Waals surface area (Å²) in [7, 11) is -3.93. The summed E-state index contributed by atoms with van der Waals surface area (Å²) in [5.74, 6) is -1.16. The van der Waals surface area contributed by atoms with Crippen molar-refractivity contribution in [1.29, 1.82) is 0 Å². The van der Waals surface area contributed by atoms with Crippen LogP contribution in [0.2, 0.25) is 0 Å². The fourth-order valence-electron chi connectivity index (χ4n) is 3.87. The van der Waals surface area contributed by atoms with Crippen LogP contribution in [0.15, 0.2) is 66.0 Å². The van der Waals surface area contributed by atoms with Crippen LogP contribution in [0.5, 0.6) is 0 Å². The van der Waals surface area contributed by atoms with Gasteiger partial charge in [0.1, 0.15) is 5.82 Å². The molecule has 4 rings (SSSR count). The topological polar surface area (TPSA) is 72.3 Å². The first-order chi connectivity index (χ1) is 15.8. The smallest absolute Gasteiger partial charge is 0.228 e. The van der Waals surface area contributed by atoms with E-state index in [2.05, 4.69) is 4.98 Å². The highest BCUT2D eigenvalue weighted by atomic mass is 32.2. The number of carbonyl (C=O) groups excluding carboxylic acids is 1. The van der Waals surface area contributed by atoms with Crippen molar-refractivity contribution in [3.63, 3.8) is 0 Å². The van der Waals surface area contributed by atoms with Gasteiger partial charge in [0.05, 0.1) is 30.7 Å². The van der Waals surface area contributed by atoms with E-state index in [1.54, 1.807) is 10.6 Å². The van der Waals surface area contributed by atoms with Crippen molar-refractivity contribution in [2.24, 2.45) is 5.92 Å². The summed E-state index contributed by atoms with van der Waals surface area (Å²) in [5, 5.41) is -0.114. The zero-order valence-electron chi connectivity index (χ0n) is 18.8. The first-order valence-electron chi connectivity index (χ1n) is 11.1. The van der Waals surface area contributed by atoms with Crippen LogP contribution in [-0.2, 0) is 33.5 Å². The lowest BCUT2D eigenvalue weighted by Gasteiger charge is -2.25. The van der Waals surface area contributed by atoms with Crippen LogP contribution < -0.4 is 0 Å². The largest absolute Gasteiger partial charge is 0.334 e. The summed E-state index contributed by atoms with van der Waals surface area (Å²) in [4.78, 5) is 18.9. The highest BCUT2D eigenvalue weighted by molar-refractivity contribution is 7.90. The maximum Gasteiger partial charge on any atom is 0.228 e. The van der Waals surface area contributed by atoms with E-state index in [0.29, 0.717) is 5.69 Å². The first kappa shape index (κ1) is 23.2. The van der Waals surface area contributed by atoms with Crippen molar-refractivity contribution >= 4 is 15.7 Å². The fraction of sp³-hybridized carbons (Fsp3) is 0.360. The summed E-state index contributed by atoms with van der Waals surface area (Å²) in [6.07, 6.45) is 3.42. The molecule has 0 aliphatic heterocycles. The number of benzene rings is 2. The molecule has 0 unspecified atom stereocenters. The van der Waals surface area contributed by atoms with Crippen LogP contribution in [0, 0.1) is 11.7 Å². The molecular formula is C25H28FN3O3S. The number of aromatic nitrogens is 2. The van der Waals surface area contributed by atoms with Crippen LogP contribution in [0.3, 0.4) is 0 Å². The average Bonchev–Trinajstić information content (AvgIpc) is 3.55. The second-order valence-corrected chi connectivity index (χ2v) is 10.7. The van der Waals surface area contributed by atoms with Gasteiger partial charge in [0, 0.05) is 17.5 Å². The molecule has 0 radical (unpaired) electrons. The van der Waals surface area contributed by atoms with E-state index < -0.39 is 21.4 Å². The van der Waals surface area contributed by atoms with Crippen molar-refractivity contribution in [2.45, 2.75) is 56.7 Å². The van der Waals surface area contributed by atoms with Gasteiger partial charge in [-0.05, 0) is 24.5 Å². The number of hydrogen-bond donors (Lipinski definition) is 0. The summed E-state index contributed by atoms with van der Waals surface area (Å²) < 4.78 is 42.5. The molecule has 6 nitrogen and oxygen atoms in total. The monoisotopic (exact) mass is 469 g/mol. The molecule has 0 atom stereocenters. The van der Waals surface area contributed by atoms with E-state index in [-0.39, 0.29) is 41.7 Å². The molecular weight excluding hydrogens is 441 g/mol. The number of rotatable bonds is 9. The van der Waals surface area contributed by atoms with Crippen LogP contribution in [0.1, 0.15) is 43.5 Å². The molecule has 2 aromatic carbocycles. The first-order valence-corrected chi connectivity index (χ1v) is 12.8. The fourth-order valence-corrected chi connectivity index (χ4v) is 5.37. The Kier molecular flexibility index (Phi) is 6.65. The van der Waals surface area contributed by atoms with Gasteiger partial charge in [-0.2, -0.15) is 0 Å². The maximum atomic E-state index is 14.2. The third kappa shape index (κ3) is 5.33. The molecule has 174 valence electrons. The molecule has 3 aromatic rings. The number of hydrogen-bond acceptors (Lipinski definition) is 4. The minimum atomic E-state index is -3.93. The lowest BCUT2D eigenvalue weighted by molar-refractivity contribution is -0.135. The summed E-state index contributed by atoms with van der Waals surface area (Å²) >= 11 is 0. The molecule has 1 saturated carbocycles. The Balaban J connectivity index is 1.72. The van der Waals surface area contributed by atoms with Gasteiger partial charge in [-0.25, -0.2) is 17.8 Å². The van der Waals surface area contributed by atoms with E-state index in [0.717, 1.165) is 18.4 Å². The number of carbonyl (C=O) groups is 1. The van der Waals surface area contributed by atoms with E-state index in [9.17, 15) is 17.6 Å². The highest BCUT2D eigenvalue weighted by Crippen LogP contribution is 2.30. The Hall–Kier alpha value is -3.00. The second kappa shape index (κ2) is 9.47. The van der Waals surface area contributed by atoms with Gasteiger partial charge in [0.15, 0.2) is 0 Å². The lowest BCUT2D eigenvalue weighted by Crippen LogP contribution is -2.36. The normalized spacial score (nSPS) is 13.9. The lowest BCUT2D eigenvalue weighted by atomic mass is 10.2. The van der Waals surface area contributed by atoms with Crippen LogP contribution >= 0.6 is 0 Å². The van der Waals surface area contributed by atoms with Gasteiger partial charge in [-0.15, -0.1) is 0 Å². The number of halogens is 1. The molecule has 1 fully saturated rings. The minimum absolute atomic E-state index is 0.0423. The standard InChI is InChI=1S/C25H28FN3O3S/c1-18(2)24(30)28(21-12-13-21)16-22-14-27-25(29(22)15-19-8-4-3-5-9-19)33(31,32)17-20-10-6-7-11-23(20)26/h3-11,14,18,21H,12-13,15-17H2,1-2H3. The van der Waals surface area contributed by atoms with Crippen LogP contribution in [0.4, 0.5) is 4.39 Å². The maximum absolute atomic E-state index is 14.2. The van der Waals surface area contributed by atoms with E-state index >= 15 is 0 Å². The molecule has 0 saturated heterocycles.